The van der Waals surface area contributed by atoms with Crippen molar-refractivity contribution >= 4 is 31.4 Å². The lowest BCUT2D eigenvalue weighted by atomic mass is 10.0. The predicted molar refractivity (Wildman–Crippen MR) is 80.0 cm³/mol. The van der Waals surface area contributed by atoms with Crippen LogP contribution >= 0.6 is 0 Å². The molecule has 8 heteroatoms. The molecule has 1 heterocycles. The molecule has 2 rings (SSSR count). The highest BCUT2D eigenvalue weighted by molar-refractivity contribution is 7.92. The van der Waals surface area contributed by atoms with Crippen molar-refractivity contribution in [3.63, 3.8) is 0 Å². The summed E-state index contributed by atoms with van der Waals surface area (Å²) < 4.78 is 50.5. The number of fused-ring (bicyclic) bond motifs is 1. The van der Waals surface area contributed by atoms with Crippen molar-refractivity contribution in [1.29, 1.82) is 0 Å². The van der Waals surface area contributed by atoms with Crippen molar-refractivity contribution in [2.75, 3.05) is 27.6 Å². The van der Waals surface area contributed by atoms with Gasteiger partial charge in [0.05, 0.1) is 23.4 Å². The fraction of sp³-hybridized carbons (Fsp3) is 0.500. The second-order valence-electron chi connectivity index (χ2n) is 4.79. The number of nitrogens with zero attached hydrogens (tertiary/aromatic N) is 1. The van der Waals surface area contributed by atoms with Gasteiger partial charge in [0, 0.05) is 6.54 Å². The molecule has 1 aromatic carbocycles. The van der Waals surface area contributed by atoms with E-state index in [0.717, 1.165) is 24.7 Å². The molecule has 0 fully saturated rings. The van der Waals surface area contributed by atoms with Gasteiger partial charge in [-0.15, -0.1) is 0 Å². The van der Waals surface area contributed by atoms with E-state index in [1.807, 2.05) is 0 Å². The van der Waals surface area contributed by atoms with Crippen LogP contribution < -0.4 is 9.03 Å². The van der Waals surface area contributed by atoms with Gasteiger partial charge in [0.1, 0.15) is 0 Å². The van der Waals surface area contributed by atoms with Gasteiger partial charge in [-0.3, -0.25) is 9.03 Å². The molecule has 6 nitrogen and oxygen atoms in total. The van der Waals surface area contributed by atoms with E-state index in [-0.39, 0.29) is 5.75 Å². The van der Waals surface area contributed by atoms with E-state index >= 15 is 0 Å². The van der Waals surface area contributed by atoms with E-state index in [4.69, 9.17) is 0 Å². The van der Waals surface area contributed by atoms with Crippen molar-refractivity contribution < 1.29 is 16.8 Å². The maximum atomic E-state index is 12.1. The Bertz CT molecular complexity index is 711. The zero-order valence-electron chi connectivity index (χ0n) is 11.5. The average molecular weight is 318 g/mol. The SMILES string of the molecule is CCS(=O)(=O)N1CCCc2ccc(NS(C)(=O)=O)cc21. The van der Waals surface area contributed by atoms with Crippen LogP contribution in [0.1, 0.15) is 18.9 Å². The van der Waals surface area contributed by atoms with Gasteiger partial charge in [0.25, 0.3) is 0 Å². The van der Waals surface area contributed by atoms with Gasteiger partial charge in [0.2, 0.25) is 20.0 Å². The lowest BCUT2D eigenvalue weighted by molar-refractivity contribution is 0.588. The monoisotopic (exact) mass is 318 g/mol. The van der Waals surface area contributed by atoms with Crippen LogP contribution in [0, 0.1) is 0 Å². The van der Waals surface area contributed by atoms with Gasteiger partial charge in [0.15, 0.2) is 0 Å². The first-order chi connectivity index (χ1) is 9.23. The topological polar surface area (TPSA) is 83.6 Å². The largest absolute Gasteiger partial charge is 0.284 e. The quantitative estimate of drug-likeness (QED) is 0.903. The Morgan fingerprint density at radius 2 is 1.95 bits per heavy atom. The van der Waals surface area contributed by atoms with Crippen LogP contribution in [0.25, 0.3) is 0 Å². The molecule has 0 atom stereocenters. The second kappa shape index (κ2) is 5.25. The number of nitrogens with one attached hydrogen (secondary N) is 1. The summed E-state index contributed by atoms with van der Waals surface area (Å²) in [6.45, 7) is 2.04. The fourth-order valence-electron chi connectivity index (χ4n) is 2.26. The predicted octanol–water partition coefficient (Wildman–Crippen LogP) is 1.16. The van der Waals surface area contributed by atoms with Gasteiger partial charge in [-0.2, -0.15) is 0 Å². The smallest absolute Gasteiger partial charge is 0.234 e. The van der Waals surface area contributed by atoms with E-state index in [1.165, 1.54) is 4.31 Å². The molecule has 0 saturated heterocycles. The number of rotatable bonds is 4. The first-order valence-electron chi connectivity index (χ1n) is 6.34. The number of sulfonamides is 2. The molecule has 0 saturated carbocycles. The first-order valence-corrected chi connectivity index (χ1v) is 9.84. The van der Waals surface area contributed by atoms with Crippen molar-refractivity contribution in [3.05, 3.63) is 23.8 Å². The minimum absolute atomic E-state index is 0.0240. The average Bonchev–Trinajstić information content (AvgIpc) is 2.36. The molecule has 0 aliphatic carbocycles. The highest BCUT2D eigenvalue weighted by Gasteiger charge is 2.26. The van der Waals surface area contributed by atoms with Gasteiger partial charge in [-0.05, 0) is 37.5 Å². The number of anilines is 2. The molecule has 1 aliphatic rings. The lowest BCUT2D eigenvalue weighted by Gasteiger charge is -2.30. The van der Waals surface area contributed by atoms with Crippen LogP contribution in [-0.2, 0) is 26.5 Å². The minimum atomic E-state index is -3.38. The van der Waals surface area contributed by atoms with Crippen LogP contribution in [-0.4, -0.2) is 35.4 Å². The number of benzene rings is 1. The minimum Gasteiger partial charge on any atom is -0.284 e. The summed E-state index contributed by atoms with van der Waals surface area (Å²) in [4.78, 5) is 0. The Balaban J connectivity index is 2.47. The highest BCUT2D eigenvalue weighted by Crippen LogP contribution is 2.32. The molecular weight excluding hydrogens is 300 g/mol. The van der Waals surface area contributed by atoms with E-state index < -0.39 is 20.0 Å². The number of hydrogen-bond acceptors (Lipinski definition) is 4. The third kappa shape index (κ3) is 3.24. The van der Waals surface area contributed by atoms with Gasteiger partial charge in [-0.1, -0.05) is 6.07 Å². The standard InChI is InChI=1S/C12H18N2O4S2/c1-3-20(17,18)14-8-4-5-10-6-7-11(9-12(10)14)13-19(2,15)16/h6-7,9,13H,3-5,8H2,1-2H3. The summed E-state index contributed by atoms with van der Waals surface area (Å²) >= 11 is 0. The molecule has 20 heavy (non-hydrogen) atoms. The Hall–Kier alpha value is -1.28. The van der Waals surface area contributed by atoms with Crippen LogP contribution in [0.3, 0.4) is 0 Å². The van der Waals surface area contributed by atoms with E-state index in [9.17, 15) is 16.8 Å². The van der Waals surface area contributed by atoms with Gasteiger partial charge >= 0.3 is 0 Å². The Labute approximate surface area is 119 Å². The molecule has 112 valence electrons. The zero-order valence-corrected chi connectivity index (χ0v) is 13.1. The maximum absolute atomic E-state index is 12.1. The molecule has 0 unspecified atom stereocenters. The summed E-state index contributed by atoms with van der Waals surface area (Å²) in [5.74, 6) is 0.0240. The van der Waals surface area contributed by atoms with Crippen LogP contribution in [0.4, 0.5) is 11.4 Å². The van der Waals surface area contributed by atoms with Crippen molar-refractivity contribution in [2.24, 2.45) is 0 Å². The third-order valence-electron chi connectivity index (χ3n) is 3.17. The number of aryl methyl sites for hydroxylation is 1. The van der Waals surface area contributed by atoms with E-state index in [1.54, 1.807) is 25.1 Å². The maximum Gasteiger partial charge on any atom is 0.234 e. The molecule has 0 bridgehead atoms. The molecule has 1 aromatic rings. The molecule has 1 aliphatic heterocycles. The lowest BCUT2D eigenvalue weighted by Crippen LogP contribution is -2.36. The summed E-state index contributed by atoms with van der Waals surface area (Å²) in [5.41, 5.74) is 1.88. The normalized spacial score (nSPS) is 15.8. The van der Waals surface area contributed by atoms with Gasteiger partial charge in [-0.25, -0.2) is 16.8 Å². The van der Waals surface area contributed by atoms with Crippen LogP contribution in [0.5, 0.6) is 0 Å². The second-order valence-corrected chi connectivity index (χ2v) is 8.72. The fourth-order valence-corrected chi connectivity index (χ4v) is 4.01. The van der Waals surface area contributed by atoms with Crippen LogP contribution in [0.2, 0.25) is 0 Å². The molecule has 0 radical (unpaired) electrons. The number of hydrogen-bond donors (Lipinski definition) is 1. The van der Waals surface area contributed by atoms with E-state index in [0.29, 0.717) is 17.9 Å². The Kier molecular flexibility index (Phi) is 3.97. The summed E-state index contributed by atoms with van der Waals surface area (Å²) in [6.07, 6.45) is 2.63. The Morgan fingerprint density at radius 3 is 2.55 bits per heavy atom. The summed E-state index contributed by atoms with van der Waals surface area (Å²) in [6, 6.07) is 5.02. The summed E-state index contributed by atoms with van der Waals surface area (Å²) in [5, 5.41) is 0. The van der Waals surface area contributed by atoms with Gasteiger partial charge < -0.3 is 0 Å². The van der Waals surface area contributed by atoms with Crippen molar-refractivity contribution in [3.8, 4) is 0 Å². The Morgan fingerprint density at radius 1 is 1.25 bits per heavy atom. The molecule has 0 spiro atoms. The van der Waals surface area contributed by atoms with E-state index in [2.05, 4.69) is 4.72 Å². The van der Waals surface area contributed by atoms with Crippen molar-refractivity contribution in [2.45, 2.75) is 19.8 Å². The first kappa shape index (κ1) is 15.1. The van der Waals surface area contributed by atoms with Crippen molar-refractivity contribution in [1.82, 2.24) is 0 Å². The molecular formula is C12H18N2O4S2. The van der Waals surface area contributed by atoms with Crippen LogP contribution in [0.15, 0.2) is 18.2 Å². The zero-order chi connectivity index (χ0) is 15.0. The molecule has 0 aromatic heterocycles. The molecule has 1 N–H and O–H groups in total. The summed E-state index contributed by atoms with van der Waals surface area (Å²) in [7, 11) is -6.72. The molecule has 0 amide bonds. The third-order valence-corrected chi connectivity index (χ3v) is 5.55. The highest BCUT2D eigenvalue weighted by atomic mass is 32.2.